The highest BCUT2D eigenvalue weighted by Crippen LogP contribution is 2.30. The molecule has 2 aromatic rings. The Morgan fingerprint density at radius 1 is 1.10 bits per heavy atom. The second kappa shape index (κ2) is 6.67. The van der Waals surface area contributed by atoms with Gasteiger partial charge in [0.15, 0.2) is 0 Å². The van der Waals surface area contributed by atoms with Gasteiger partial charge in [-0.2, -0.15) is 0 Å². The summed E-state index contributed by atoms with van der Waals surface area (Å²) in [5.74, 6) is -0.180. The molecular formula is C18H22FN. The molecule has 2 heteroatoms. The second-order valence-electron chi connectivity index (χ2n) is 5.22. The van der Waals surface area contributed by atoms with Crippen molar-refractivity contribution < 1.29 is 4.39 Å². The molecule has 0 radical (unpaired) electrons. The average Bonchev–Trinajstić information content (AvgIpc) is 2.45. The van der Waals surface area contributed by atoms with Crippen LogP contribution < -0.4 is 5.32 Å². The van der Waals surface area contributed by atoms with Gasteiger partial charge in [0.2, 0.25) is 0 Å². The van der Waals surface area contributed by atoms with E-state index in [-0.39, 0.29) is 11.9 Å². The molecule has 0 saturated heterocycles. The minimum absolute atomic E-state index is 0.180. The van der Waals surface area contributed by atoms with Crippen LogP contribution >= 0.6 is 0 Å². The normalized spacial score (nSPS) is 12.4. The number of halogens is 1. The maximum Gasteiger partial charge on any atom is 0.123 e. The Kier molecular flexibility index (Phi) is 4.91. The van der Waals surface area contributed by atoms with Crippen molar-refractivity contribution in [1.82, 2.24) is 5.32 Å². The molecule has 0 heterocycles. The molecule has 0 aromatic heterocycles. The summed E-state index contributed by atoms with van der Waals surface area (Å²) < 4.78 is 13.3. The van der Waals surface area contributed by atoms with E-state index in [0.717, 1.165) is 24.1 Å². The minimum Gasteiger partial charge on any atom is -0.310 e. The van der Waals surface area contributed by atoms with Crippen LogP contribution in [-0.2, 0) is 0 Å². The highest BCUT2D eigenvalue weighted by atomic mass is 19.1. The van der Waals surface area contributed by atoms with E-state index in [1.807, 2.05) is 19.1 Å². The predicted octanol–water partition coefficient (Wildman–Crippen LogP) is 4.86. The van der Waals surface area contributed by atoms with E-state index >= 15 is 0 Å². The SMILES string of the molecule is CCCNC(C)c1ccccc1-c1ccc(F)cc1C. The largest absolute Gasteiger partial charge is 0.310 e. The van der Waals surface area contributed by atoms with Gasteiger partial charge >= 0.3 is 0 Å². The van der Waals surface area contributed by atoms with Crippen LogP contribution in [0.1, 0.15) is 37.4 Å². The molecule has 0 spiro atoms. The molecule has 0 fully saturated rings. The van der Waals surface area contributed by atoms with Crippen molar-refractivity contribution in [2.45, 2.75) is 33.2 Å². The van der Waals surface area contributed by atoms with Crippen LogP contribution in [0.15, 0.2) is 42.5 Å². The van der Waals surface area contributed by atoms with Crippen molar-refractivity contribution in [2.75, 3.05) is 6.54 Å². The maximum absolute atomic E-state index is 13.3. The van der Waals surface area contributed by atoms with E-state index in [9.17, 15) is 4.39 Å². The Bertz CT molecular complexity index is 577. The molecule has 20 heavy (non-hydrogen) atoms. The van der Waals surface area contributed by atoms with Gasteiger partial charge < -0.3 is 5.32 Å². The predicted molar refractivity (Wildman–Crippen MR) is 83.3 cm³/mol. The van der Waals surface area contributed by atoms with Crippen LogP contribution in [0.2, 0.25) is 0 Å². The van der Waals surface area contributed by atoms with Crippen molar-refractivity contribution in [1.29, 1.82) is 0 Å². The first kappa shape index (κ1) is 14.7. The van der Waals surface area contributed by atoms with E-state index in [0.29, 0.717) is 0 Å². The van der Waals surface area contributed by atoms with Crippen molar-refractivity contribution in [3.8, 4) is 11.1 Å². The molecule has 0 amide bonds. The fraction of sp³-hybridized carbons (Fsp3) is 0.333. The van der Waals surface area contributed by atoms with Crippen molar-refractivity contribution in [3.63, 3.8) is 0 Å². The number of aryl methyl sites for hydroxylation is 1. The summed E-state index contributed by atoms with van der Waals surface area (Å²) in [7, 11) is 0. The molecule has 1 unspecified atom stereocenters. The summed E-state index contributed by atoms with van der Waals surface area (Å²) in [6.45, 7) is 7.29. The lowest BCUT2D eigenvalue weighted by atomic mass is 9.93. The Morgan fingerprint density at radius 3 is 2.55 bits per heavy atom. The summed E-state index contributed by atoms with van der Waals surface area (Å²) in [6.07, 6.45) is 1.11. The average molecular weight is 271 g/mol. The quantitative estimate of drug-likeness (QED) is 0.818. The van der Waals surface area contributed by atoms with Crippen molar-refractivity contribution in [2.24, 2.45) is 0 Å². The fourth-order valence-electron chi connectivity index (χ4n) is 2.52. The molecule has 0 aliphatic rings. The molecule has 0 aliphatic heterocycles. The molecular weight excluding hydrogens is 249 g/mol. The maximum atomic E-state index is 13.3. The monoisotopic (exact) mass is 271 g/mol. The molecule has 2 aromatic carbocycles. The lowest BCUT2D eigenvalue weighted by Crippen LogP contribution is -2.19. The van der Waals surface area contributed by atoms with Gasteiger partial charge in [0, 0.05) is 6.04 Å². The van der Waals surface area contributed by atoms with Crippen LogP contribution in [0, 0.1) is 12.7 Å². The van der Waals surface area contributed by atoms with E-state index < -0.39 is 0 Å². The zero-order valence-corrected chi connectivity index (χ0v) is 12.4. The number of rotatable bonds is 5. The molecule has 1 N–H and O–H groups in total. The van der Waals surface area contributed by atoms with Gasteiger partial charge in [0.25, 0.3) is 0 Å². The molecule has 1 nitrogen and oxygen atoms in total. The van der Waals surface area contributed by atoms with Gasteiger partial charge in [-0.15, -0.1) is 0 Å². The van der Waals surface area contributed by atoms with E-state index in [1.54, 1.807) is 6.07 Å². The lowest BCUT2D eigenvalue weighted by Gasteiger charge is -2.19. The summed E-state index contributed by atoms with van der Waals surface area (Å²) in [4.78, 5) is 0. The topological polar surface area (TPSA) is 12.0 Å². The zero-order valence-electron chi connectivity index (χ0n) is 12.4. The zero-order chi connectivity index (χ0) is 14.5. The smallest absolute Gasteiger partial charge is 0.123 e. The van der Waals surface area contributed by atoms with Crippen LogP contribution in [0.25, 0.3) is 11.1 Å². The Morgan fingerprint density at radius 2 is 1.85 bits per heavy atom. The first-order valence-corrected chi connectivity index (χ1v) is 7.22. The van der Waals surface area contributed by atoms with Gasteiger partial charge in [-0.25, -0.2) is 4.39 Å². The van der Waals surface area contributed by atoms with Crippen molar-refractivity contribution >= 4 is 0 Å². The molecule has 106 valence electrons. The third-order valence-corrected chi connectivity index (χ3v) is 3.61. The van der Waals surface area contributed by atoms with E-state index in [2.05, 4.69) is 37.4 Å². The summed E-state index contributed by atoms with van der Waals surface area (Å²) >= 11 is 0. The van der Waals surface area contributed by atoms with Crippen LogP contribution in [-0.4, -0.2) is 6.54 Å². The Labute approximate surface area is 120 Å². The van der Waals surface area contributed by atoms with Gasteiger partial charge in [0.05, 0.1) is 0 Å². The Hall–Kier alpha value is -1.67. The summed E-state index contributed by atoms with van der Waals surface area (Å²) in [6, 6.07) is 13.6. The third-order valence-electron chi connectivity index (χ3n) is 3.61. The summed E-state index contributed by atoms with van der Waals surface area (Å²) in [5.41, 5.74) is 4.52. The number of benzene rings is 2. The third kappa shape index (κ3) is 3.26. The van der Waals surface area contributed by atoms with Gasteiger partial charge in [-0.1, -0.05) is 37.3 Å². The fourth-order valence-corrected chi connectivity index (χ4v) is 2.52. The molecule has 0 bridgehead atoms. The molecule has 0 aliphatic carbocycles. The Balaban J connectivity index is 2.41. The van der Waals surface area contributed by atoms with Crippen LogP contribution in [0.3, 0.4) is 0 Å². The van der Waals surface area contributed by atoms with Gasteiger partial charge in [0.1, 0.15) is 5.82 Å². The van der Waals surface area contributed by atoms with E-state index in [4.69, 9.17) is 0 Å². The first-order chi connectivity index (χ1) is 9.63. The second-order valence-corrected chi connectivity index (χ2v) is 5.22. The van der Waals surface area contributed by atoms with Gasteiger partial charge in [-0.05, 0) is 61.2 Å². The number of hydrogen-bond donors (Lipinski definition) is 1. The standard InChI is InChI=1S/C18H22FN/c1-4-11-20-14(3)17-7-5-6-8-18(17)16-10-9-15(19)12-13(16)2/h5-10,12,14,20H,4,11H2,1-3H3. The molecule has 0 saturated carbocycles. The van der Waals surface area contributed by atoms with E-state index in [1.165, 1.54) is 17.2 Å². The van der Waals surface area contributed by atoms with Crippen molar-refractivity contribution in [3.05, 3.63) is 59.4 Å². The molecule has 1 atom stereocenters. The lowest BCUT2D eigenvalue weighted by molar-refractivity contribution is 0.571. The number of hydrogen-bond acceptors (Lipinski definition) is 1. The van der Waals surface area contributed by atoms with Gasteiger partial charge in [-0.3, -0.25) is 0 Å². The minimum atomic E-state index is -0.180. The highest BCUT2D eigenvalue weighted by molar-refractivity contribution is 5.71. The van der Waals surface area contributed by atoms with Crippen LogP contribution in [0.5, 0.6) is 0 Å². The van der Waals surface area contributed by atoms with Crippen LogP contribution in [0.4, 0.5) is 4.39 Å². The highest BCUT2D eigenvalue weighted by Gasteiger charge is 2.12. The number of nitrogens with one attached hydrogen (secondary N) is 1. The summed E-state index contributed by atoms with van der Waals surface area (Å²) in [5, 5.41) is 3.52. The molecule has 2 rings (SSSR count). The first-order valence-electron chi connectivity index (χ1n) is 7.22.